The van der Waals surface area contributed by atoms with E-state index in [9.17, 15) is 25.2 Å². The minimum Gasteiger partial charge on any atom is -0.394 e. The summed E-state index contributed by atoms with van der Waals surface area (Å²) in [7, 11) is 0. The molecule has 4 atom stereocenters. The van der Waals surface area contributed by atoms with E-state index in [0.29, 0.717) is 19.3 Å². The standard InChI is InChI=1S/C50H93NO5/c1-3-5-7-9-11-13-15-17-18-19-20-21-22-23-24-25-26-27-28-29-30-31-32-34-36-38-40-42-44-48(54)50(56)51-46(45-52)49(55)47(53)43-41-39-37-35-33-16-14-12-10-8-6-4-2/h4,6,12,14,23-24,35,37,46-49,52-55H,3,5,7-11,13,15-22,25-34,36,38-45H2,1-2H3,(H,51,56)/b6-4+,14-12+,24-23-,37-35+. The van der Waals surface area contributed by atoms with Crippen molar-refractivity contribution in [1.82, 2.24) is 5.32 Å². The summed E-state index contributed by atoms with van der Waals surface area (Å²) in [5.41, 5.74) is 0. The SMILES string of the molecule is C/C=C/CC/C=C/CC/C=C/CCCC(O)C(O)C(CO)NC(=O)C(O)CCCCCCCCCCCCCC/C=C\CCCCCCCCCCCCCC. The number of hydrogen-bond donors (Lipinski definition) is 5. The number of aliphatic hydroxyl groups is 4. The molecule has 0 spiro atoms. The molecule has 0 rings (SSSR count). The zero-order chi connectivity index (χ0) is 41.0. The maximum atomic E-state index is 12.5. The quantitative estimate of drug-likeness (QED) is 0.0312. The van der Waals surface area contributed by atoms with Crippen LogP contribution in [0.5, 0.6) is 0 Å². The zero-order valence-electron chi connectivity index (χ0n) is 36.9. The predicted molar refractivity (Wildman–Crippen MR) is 242 cm³/mol. The molecule has 6 heteroatoms. The van der Waals surface area contributed by atoms with Crippen LogP contribution in [-0.2, 0) is 4.79 Å². The number of rotatable bonds is 43. The Morgan fingerprint density at radius 1 is 0.464 bits per heavy atom. The number of carbonyl (C=O) groups is 1. The summed E-state index contributed by atoms with van der Waals surface area (Å²) in [6.45, 7) is 3.82. The van der Waals surface area contributed by atoms with Gasteiger partial charge < -0.3 is 25.7 Å². The first-order chi connectivity index (χ1) is 27.5. The van der Waals surface area contributed by atoms with Crippen LogP contribution < -0.4 is 5.32 Å². The van der Waals surface area contributed by atoms with Crippen molar-refractivity contribution in [1.29, 1.82) is 0 Å². The van der Waals surface area contributed by atoms with Crippen LogP contribution in [0.2, 0.25) is 0 Å². The average Bonchev–Trinajstić information content (AvgIpc) is 3.20. The minimum atomic E-state index is -1.29. The van der Waals surface area contributed by atoms with Crippen LogP contribution in [0.25, 0.3) is 0 Å². The number of carbonyl (C=O) groups excluding carboxylic acids is 1. The molecule has 0 aliphatic heterocycles. The number of hydrogen-bond acceptors (Lipinski definition) is 5. The average molecular weight is 788 g/mol. The van der Waals surface area contributed by atoms with Crippen molar-refractivity contribution in [2.75, 3.05) is 6.61 Å². The summed E-state index contributed by atoms with van der Waals surface area (Å²) >= 11 is 0. The molecule has 0 aromatic carbocycles. The molecule has 56 heavy (non-hydrogen) atoms. The largest absolute Gasteiger partial charge is 0.394 e. The van der Waals surface area contributed by atoms with Gasteiger partial charge in [0.25, 0.3) is 0 Å². The second kappa shape index (κ2) is 44.4. The smallest absolute Gasteiger partial charge is 0.249 e. The predicted octanol–water partition coefficient (Wildman–Crippen LogP) is 13.1. The van der Waals surface area contributed by atoms with E-state index in [0.717, 1.165) is 51.4 Å². The van der Waals surface area contributed by atoms with E-state index in [1.165, 1.54) is 148 Å². The van der Waals surface area contributed by atoms with Gasteiger partial charge in [0.05, 0.1) is 18.8 Å². The molecule has 0 saturated carbocycles. The van der Waals surface area contributed by atoms with E-state index in [1.807, 2.05) is 6.92 Å². The first kappa shape index (κ1) is 54.3. The fourth-order valence-electron chi connectivity index (χ4n) is 7.26. The molecule has 1 amide bonds. The van der Waals surface area contributed by atoms with Crippen molar-refractivity contribution in [2.45, 2.75) is 257 Å². The van der Waals surface area contributed by atoms with E-state index in [2.05, 4.69) is 60.8 Å². The molecular formula is C50H93NO5. The lowest BCUT2D eigenvalue weighted by Gasteiger charge is -2.27. The summed E-state index contributed by atoms with van der Waals surface area (Å²) < 4.78 is 0. The monoisotopic (exact) mass is 788 g/mol. The van der Waals surface area contributed by atoms with E-state index >= 15 is 0 Å². The second-order valence-electron chi connectivity index (χ2n) is 16.4. The second-order valence-corrected chi connectivity index (χ2v) is 16.4. The van der Waals surface area contributed by atoms with Gasteiger partial charge in [-0.1, -0.05) is 197 Å². The molecule has 0 aliphatic carbocycles. The lowest BCUT2D eigenvalue weighted by atomic mass is 10.00. The fraction of sp³-hybridized carbons (Fsp3) is 0.820. The Bertz CT molecular complexity index is 930. The molecule has 4 unspecified atom stereocenters. The van der Waals surface area contributed by atoms with E-state index in [4.69, 9.17) is 0 Å². The van der Waals surface area contributed by atoms with Gasteiger partial charge in [-0.3, -0.25) is 4.79 Å². The third-order valence-corrected chi connectivity index (χ3v) is 11.1. The van der Waals surface area contributed by atoms with Crippen LogP contribution in [-0.4, -0.2) is 57.3 Å². The molecule has 0 aromatic heterocycles. The van der Waals surface area contributed by atoms with Crippen molar-refractivity contribution in [3.05, 3.63) is 48.6 Å². The Hall–Kier alpha value is -1.73. The van der Waals surface area contributed by atoms with Gasteiger partial charge in [-0.15, -0.1) is 0 Å². The van der Waals surface area contributed by atoms with Crippen molar-refractivity contribution in [3.8, 4) is 0 Å². The maximum Gasteiger partial charge on any atom is 0.249 e. The maximum absolute atomic E-state index is 12.5. The van der Waals surface area contributed by atoms with Crippen LogP contribution in [0, 0.1) is 0 Å². The van der Waals surface area contributed by atoms with Crippen molar-refractivity contribution < 1.29 is 25.2 Å². The number of amides is 1. The highest BCUT2D eigenvalue weighted by atomic mass is 16.3. The van der Waals surface area contributed by atoms with E-state index in [-0.39, 0.29) is 0 Å². The van der Waals surface area contributed by atoms with Crippen LogP contribution in [0.4, 0.5) is 0 Å². The lowest BCUT2D eigenvalue weighted by Crippen LogP contribution is -2.53. The number of allylic oxidation sites excluding steroid dienone is 8. The Kier molecular flexibility index (Phi) is 43.0. The minimum absolute atomic E-state index is 0.357. The topological polar surface area (TPSA) is 110 Å². The van der Waals surface area contributed by atoms with Gasteiger partial charge in [0.1, 0.15) is 12.2 Å². The molecule has 328 valence electrons. The number of nitrogens with one attached hydrogen (secondary N) is 1. The van der Waals surface area contributed by atoms with Gasteiger partial charge in [0.2, 0.25) is 5.91 Å². The molecule has 0 radical (unpaired) electrons. The van der Waals surface area contributed by atoms with Gasteiger partial charge >= 0.3 is 0 Å². The van der Waals surface area contributed by atoms with Crippen LogP contribution >= 0.6 is 0 Å². The molecule has 0 aliphatic rings. The highest BCUT2D eigenvalue weighted by molar-refractivity contribution is 5.80. The summed E-state index contributed by atoms with van der Waals surface area (Å²) in [6, 6.07) is -1.01. The Labute approximate surface area is 347 Å². The fourth-order valence-corrected chi connectivity index (χ4v) is 7.26. The Morgan fingerprint density at radius 3 is 1.23 bits per heavy atom. The van der Waals surface area contributed by atoms with E-state index in [1.54, 1.807) is 0 Å². The summed E-state index contributed by atoms with van der Waals surface area (Å²) in [6.07, 6.45) is 54.7. The lowest BCUT2D eigenvalue weighted by molar-refractivity contribution is -0.132. The van der Waals surface area contributed by atoms with Crippen LogP contribution in [0.15, 0.2) is 48.6 Å². The third-order valence-electron chi connectivity index (χ3n) is 11.1. The van der Waals surface area contributed by atoms with Gasteiger partial charge in [-0.25, -0.2) is 0 Å². The molecule has 0 heterocycles. The summed E-state index contributed by atoms with van der Waals surface area (Å²) in [5, 5.41) is 43.6. The van der Waals surface area contributed by atoms with Gasteiger partial charge in [-0.05, 0) is 84.0 Å². The number of aliphatic hydroxyl groups excluding tert-OH is 4. The number of unbranched alkanes of at least 4 members (excludes halogenated alkanes) is 27. The summed E-state index contributed by atoms with van der Waals surface area (Å²) in [4.78, 5) is 12.5. The van der Waals surface area contributed by atoms with E-state index < -0.39 is 36.9 Å². The van der Waals surface area contributed by atoms with Crippen molar-refractivity contribution in [3.63, 3.8) is 0 Å². The van der Waals surface area contributed by atoms with Crippen molar-refractivity contribution in [2.24, 2.45) is 0 Å². The first-order valence-corrected chi connectivity index (χ1v) is 24.0. The molecule has 0 aromatic rings. The van der Waals surface area contributed by atoms with Crippen molar-refractivity contribution >= 4 is 5.91 Å². The molecular weight excluding hydrogens is 695 g/mol. The Morgan fingerprint density at radius 2 is 0.821 bits per heavy atom. The highest BCUT2D eigenvalue weighted by Gasteiger charge is 2.28. The van der Waals surface area contributed by atoms with Gasteiger partial charge in [0, 0.05) is 0 Å². The molecule has 0 bridgehead atoms. The molecule has 6 nitrogen and oxygen atoms in total. The first-order valence-electron chi connectivity index (χ1n) is 24.0. The normalized spacial score (nSPS) is 14.5. The highest BCUT2D eigenvalue weighted by Crippen LogP contribution is 2.16. The molecule has 0 saturated heterocycles. The van der Waals surface area contributed by atoms with Crippen LogP contribution in [0.1, 0.15) is 232 Å². The van der Waals surface area contributed by atoms with Gasteiger partial charge in [0.15, 0.2) is 0 Å². The zero-order valence-corrected chi connectivity index (χ0v) is 36.9. The molecule has 5 N–H and O–H groups in total. The third kappa shape index (κ3) is 37.8. The molecule has 0 fully saturated rings. The Balaban J connectivity index is 3.65. The van der Waals surface area contributed by atoms with Crippen LogP contribution in [0.3, 0.4) is 0 Å². The summed E-state index contributed by atoms with van der Waals surface area (Å²) in [5.74, 6) is -0.601. The van der Waals surface area contributed by atoms with Gasteiger partial charge in [-0.2, -0.15) is 0 Å².